The normalized spacial score (nSPS) is 22.8. The first-order valence-corrected chi connectivity index (χ1v) is 9.56. The van der Waals surface area contributed by atoms with Gasteiger partial charge < -0.3 is 14.8 Å². The highest BCUT2D eigenvalue weighted by atomic mass is 35.5. The van der Waals surface area contributed by atoms with Crippen molar-refractivity contribution < 1.29 is 13.9 Å². The SMILES string of the molecule is COc1cc([C@@H](C)NCC2CN(CC3CCCC3)CCO2)ccc1F.Cl. The van der Waals surface area contributed by atoms with Crippen LogP contribution < -0.4 is 10.1 Å². The van der Waals surface area contributed by atoms with Gasteiger partial charge in [-0.1, -0.05) is 18.9 Å². The van der Waals surface area contributed by atoms with Crippen molar-refractivity contribution in [1.29, 1.82) is 0 Å². The fourth-order valence-corrected chi connectivity index (χ4v) is 4.00. The number of nitrogens with zero attached hydrogens (tertiary/aromatic N) is 1. The monoisotopic (exact) mass is 386 g/mol. The maximum absolute atomic E-state index is 13.5. The van der Waals surface area contributed by atoms with Crippen LogP contribution in [0.25, 0.3) is 0 Å². The molecular weight excluding hydrogens is 355 g/mol. The van der Waals surface area contributed by atoms with E-state index in [2.05, 4.69) is 17.1 Å². The number of morpholine rings is 1. The number of methoxy groups -OCH3 is 1. The van der Waals surface area contributed by atoms with Gasteiger partial charge in [0.05, 0.1) is 19.8 Å². The van der Waals surface area contributed by atoms with Crippen molar-refractivity contribution in [3.05, 3.63) is 29.6 Å². The maximum atomic E-state index is 13.5. The molecule has 148 valence electrons. The third kappa shape index (κ3) is 5.81. The molecule has 0 bridgehead atoms. The van der Waals surface area contributed by atoms with Gasteiger partial charge in [-0.25, -0.2) is 4.39 Å². The average Bonchev–Trinajstić information content (AvgIpc) is 3.13. The maximum Gasteiger partial charge on any atom is 0.165 e. The Bertz CT molecular complexity index is 555. The third-order valence-electron chi connectivity index (χ3n) is 5.54. The Labute approximate surface area is 162 Å². The van der Waals surface area contributed by atoms with E-state index in [4.69, 9.17) is 9.47 Å². The molecule has 1 aliphatic carbocycles. The zero-order chi connectivity index (χ0) is 17.6. The molecule has 0 aromatic heterocycles. The quantitative estimate of drug-likeness (QED) is 0.772. The third-order valence-corrected chi connectivity index (χ3v) is 5.54. The number of hydrogen-bond acceptors (Lipinski definition) is 4. The van der Waals surface area contributed by atoms with E-state index < -0.39 is 0 Å². The lowest BCUT2D eigenvalue weighted by Crippen LogP contribution is -2.48. The summed E-state index contributed by atoms with van der Waals surface area (Å²) in [4.78, 5) is 2.57. The Hall–Kier alpha value is -0.880. The van der Waals surface area contributed by atoms with E-state index in [0.29, 0.717) is 5.75 Å². The first kappa shape index (κ1) is 21.4. The number of hydrogen-bond donors (Lipinski definition) is 1. The van der Waals surface area contributed by atoms with Crippen LogP contribution in [0.1, 0.15) is 44.2 Å². The van der Waals surface area contributed by atoms with Crippen molar-refractivity contribution in [2.75, 3.05) is 39.9 Å². The molecule has 4 nitrogen and oxygen atoms in total. The van der Waals surface area contributed by atoms with Gasteiger partial charge in [0.15, 0.2) is 11.6 Å². The van der Waals surface area contributed by atoms with Crippen molar-refractivity contribution in [2.45, 2.75) is 44.8 Å². The highest BCUT2D eigenvalue weighted by Gasteiger charge is 2.24. The molecule has 1 aliphatic heterocycles. The summed E-state index contributed by atoms with van der Waals surface area (Å²) in [6.45, 7) is 7.00. The number of nitrogens with one attached hydrogen (secondary N) is 1. The first-order valence-electron chi connectivity index (χ1n) is 9.56. The van der Waals surface area contributed by atoms with Gasteiger partial charge in [-0.3, -0.25) is 4.90 Å². The van der Waals surface area contributed by atoms with Gasteiger partial charge in [-0.15, -0.1) is 12.4 Å². The number of ether oxygens (including phenoxy) is 2. The topological polar surface area (TPSA) is 33.7 Å². The summed E-state index contributed by atoms with van der Waals surface area (Å²) in [5.41, 5.74) is 1.02. The molecule has 1 saturated heterocycles. The molecule has 6 heteroatoms. The Morgan fingerprint density at radius 2 is 2.12 bits per heavy atom. The standard InChI is InChI=1S/C20H31FN2O2.ClH/c1-15(17-7-8-19(21)20(11-17)24-2)22-12-18-14-23(9-10-25-18)13-16-5-3-4-6-16;/h7-8,11,15-16,18,22H,3-6,9-10,12-14H2,1-2H3;1H/t15-,18?;/m1./s1. The molecule has 3 rings (SSSR count). The Morgan fingerprint density at radius 3 is 2.85 bits per heavy atom. The van der Waals surface area contributed by atoms with Gasteiger partial charge in [0.2, 0.25) is 0 Å². The van der Waals surface area contributed by atoms with E-state index in [9.17, 15) is 4.39 Å². The summed E-state index contributed by atoms with van der Waals surface area (Å²) in [5, 5.41) is 3.52. The van der Waals surface area contributed by atoms with Gasteiger partial charge in [-0.05, 0) is 43.4 Å². The molecule has 1 N–H and O–H groups in total. The fourth-order valence-electron chi connectivity index (χ4n) is 4.00. The number of halogens is 2. The van der Waals surface area contributed by atoms with E-state index in [1.807, 2.05) is 6.07 Å². The van der Waals surface area contributed by atoms with Crippen molar-refractivity contribution in [3.63, 3.8) is 0 Å². The van der Waals surface area contributed by atoms with Crippen LogP contribution >= 0.6 is 12.4 Å². The summed E-state index contributed by atoms with van der Waals surface area (Å²) in [6.07, 6.45) is 5.81. The van der Waals surface area contributed by atoms with E-state index >= 15 is 0 Å². The molecule has 1 aromatic rings. The van der Waals surface area contributed by atoms with Gasteiger partial charge in [0.1, 0.15) is 0 Å². The predicted octanol–water partition coefficient (Wildman–Crippen LogP) is 3.80. The summed E-state index contributed by atoms with van der Waals surface area (Å²) in [5.74, 6) is 0.858. The van der Waals surface area contributed by atoms with E-state index in [1.54, 1.807) is 6.07 Å². The van der Waals surface area contributed by atoms with E-state index in [1.165, 1.54) is 45.4 Å². The molecule has 2 fully saturated rings. The Balaban J connectivity index is 0.00000243. The molecule has 1 unspecified atom stereocenters. The van der Waals surface area contributed by atoms with Crippen LogP contribution in [0.5, 0.6) is 5.75 Å². The summed E-state index contributed by atoms with van der Waals surface area (Å²) in [7, 11) is 1.50. The van der Waals surface area contributed by atoms with E-state index in [0.717, 1.165) is 37.7 Å². The highest BCUT2D eigenvalue weighted by Crippen LogP contribution is 2.26. The van der Waals surface area contributed by atoms with Crippen molar-refractivity contribution in [2.24, 2.45) is 5.92 Å². The summed E-state index contributed by atoms with van der Waals surface area (Å²) < 4.78 is 24.6. The Kier molecular flexibility index (Phi) is 8.61. The molecule has 0 spiro atoms. The summed E-state index contributed by atoms with van der Waals surface area (Å²) in [6, 6.07) is 5.17. The molecule has 26 heavy (non-hydrogen) atoms. The summed E-state index contributed by atoms with van der Waals surface area (Å²) >= 11 is 0. The second-order valence-electron chi connectivity index (χ2n) is 7.43. The Morgan fingerprint density at radius 1 is 1.35 bits per heavy atom. The van der Waals surface area contributed by atoms with Gasteiger partial charge >= 0.3 is 0 Å². The fraction of sp³-hybridized carbons (Fsp3) is 0.700. The first-order chi connectivity index (χ1) is 12.2. The van der Waals surface area contributed by atoms with Crippen molar-refractivity contribution in [3.8, 4) is 5.75 Å². The molecule has 2 atom stereocenters. The minimum atomic E-state index is -0.323. The molecule has 1 heterocycles. The zero-order valence-electron chi connectivity index (χ0n) is 15.9. The molecule has 1 saturated carbocycles. The second kappa shape index (κ2) is 10.5. The van der Waals surface area contributed by atoms with Crippen LogP contribution in [-0.2, 0) is 4.74 Å². The molecule has 1 aromatic carbocycles. The molecular formula is C20H32ClFN2O2. The second-order valence-corrected chi connectivity index (χ2v) is 7.43. The average molecular weight is 387 g/mol. The molecule has 0 amide bonds. The minimum absolute atomic E-state index is 0. The van der Waals surface area contributed by atoms with Crippen LogP contribution in [0.2, 0.25) is 0 Å². The highest BCUT2D eigenvalue weighted by molar-refractivity contribution is 5.85. The van der Waals surface area contributed by atoms with Crippen LogP contribution in [0, 0.1) is 11.7 Å². The van der Waals surface area contributed by atoms with Crippen molar-refractivity contribution in [1.82, 2.24) is 10.2 Å². The largest absolute Gasteiger partial charge is 0.494 e. The minimum Gasteiger partial charge on any atom is -0.494 e. The lowest BCUT2D eigenvalue weighted by Gasteiger charge is -2.35. The predicted molar refractivity (Wildman–Crippen MR) is 105 cm³/mol. The zero-order valence-corrected chi connectivity index (χ0v) is 16.7. The van der Waals surface area contributed by atoms with Gasteiger partial charge in [-0.2, -0.15) is 0 Å². The lowest BCUT2D eigenvalue weighted by molar-refractivity contribution is -0.0322. The smallest absolute Gasteiger partial charge is 0.165 e. The van der Waals surface area contributed by atoms with Crippen molar-refractivity contribution >= 4 is 12.4 Å². The van der Waals surface area contributed by atoms with Crippen LogP contribution in [0.3, 0.4) is 0 Å². The van der Waals surface area contributed by atoms with Crippen LogP contribution in [0.4, 0.5) is 4.39 Å². The lowest BCUT2D eigenvalue weighted by atomic mass is 10.1. The van der Waals surface area contributed by atoms with E-state index in [-0.39, 0.29) is 30.4 Å². The number of benzene rings is 1. The molecule has 2 aliphatic rings. The van der Waals surface area contributed by atoms with Gasteiger partial charge in [0.25, 0.3) is 0 Å². The van der Waals surface area contributed by atoms with Crippen LogP contribution in [-0.4, -0.2) is 50.9 Å². The van der Waals surface area contributed by atoms with Crippen LogP contribution in [0.15, 0.2) is 18.2 Å². The van der Waals surface area contributed by atoms with Gasteiger partial charge in [0, 0.05) is 32.2 Å². The number of rotatable bonds is 7. The molecule has 0 radical (unpaired) electrons.